The molecule has 3 heterocycles. The van der Waals surface area contributed by atoms with Crippen LogP contribution in [-0.2, 0) is 16.6 Å². The number of amides is 1. The van der Waals surface area contributed by atoms with E-state index >= 15 is 0 Å². The number of aryl methyl sites for hydroxylation is 1. The molecule has 1 amide bonds. The third kappa shape index (κ3) is 4.93. The molecule has 0 aliphatic carbocycles. The maximum absolute atomic E-state index is 13.0. The molecule has 0 spiro atoms. The smallest absolute Gasteiger partial charge is 0.265 e. The maximum Gasteiger partial charge on any atom is 0.265 e. The molecule has 168 valence electrons. The molecule has 11 heteroatoms. The summed E-state index contributed by atoms with van der Waals surface area (Å²) in [5.74, 6) is 0.525. The highest BCUT2D eigenvalue weighted by Crippen LogP contribution is 2.24. The molecule has 0 bridgehead atoms. The van der Waals surface area contributed by atoms with E-state index in [2.05, 4.69) is 9.97 Å². The van der Waals surface area contributed by atoms with Gasteiger partial charge in [-0.05, 0) is 43.3 Å². The molecule has 1 saturated heterocycles. The lowest BCUT2D eigenvalue weighted by molar-refractivity contribution is 0.0702. The van der Waals surface area contributed by atoms with Gasteiger partial charge in [0.1, 0.15) is 27.1 Å². The van der Waals surface area contributed by atoms with Crippen LogP contribution in [0.25, 0.3) is 0 Å². The van der Waals surface area contributed by atoms with Crippen LogP contribution in [0.2, 0.25) is 5.02 Å². The van der Waals surface area contributed by atoms with Gasteiger partial charge in [-0.25, -0.2) is 13.4 Å². The number of carbonyl (C=O) groups excluding carboxylic acids is 1. The zero-order valence-corrected chi connectivity index (χ0v) is 19.7. The topological polar surface area (TPSA) is 92.7 Å². The Morgan fingerprint density at radius 2 is 1.88 bits per heavy atom. The fourth-order valence-corrected chi connectivity index (χ4v) is 5.77. The van der Waals surface area contributed by atoms with Crippen molar-refractivity contribution in [1.29, 1.82) is 0 Å². The van der Waals surface area contributed by atoms with Gasteiger partial charge in [-0.2, -0.15) is 4.31 Å². The van der Waals surface area contributed by atoms with E-state index in [0.29, 0.717) is 39.4 Å². The molecular weight excluding hydrogens is 472 g/mol. The number of piperazine rings is 1. The lowest BCUT2D eigenvalue weighted by atomic mass is 10.3. The summed E-state index contributed by atoms with van der Waals surface area (Å²) in [5, 5.41) is 1.32. The molecule has 1 aromatic carbocycles. The van der Waals surface area contributed by atoms with E-state index in [1.807, 2.05) is 0 Å². The van der Waals surface area contributed by atoms with Crippen molar-refractivity contribution < 1.29 is 17.9 Å². The van der Waals surface area contributed by atoms with Crippen molar-refractivity contribution in [2.45, 2.75) is 18.4 Å². The highest BCUT2D eigenvalue weighted by molar-refractivity contribution is 7.89. The normalized spacial score (nSPS) is 15.0. The molecular formula is C21H21ClN4O4S2. The number of ether oxygens (including phenoxy) is 1. The number of halogens is 1. The van der Waals surface area contributed by atoms with E-state index in [1.54, 1.807) is 42.2 Å². The first-order chi connectivity index (χ1) is 15.3. The van der Waals surface area contributed by atoms with Gasteiger partial charge in [0.15, 0.2) is 0 Å². The van der Waals surface area contributed by atoms with Crippen LogP contribution in [0.5, 0.6) is 5.75 Å². The van der Waals surface area contributed by atoms with Crippen LogP contribution in [-0.4, -0.2) is 59.7 Å². The Bertz CT molecular complexity index is 1190. The van der Waals surface area contributed by atoms with E-state index in [-0.39, 0.29) is 30.5 Å². The van der Waals surface area contributed by atoms with E-state index in [9.17, 15) is 13.2 Å². The van der Waals surface area contributed by atoms with Crippen LogP contribution in [0.1, 0.15) is 20.4 Å². The van der Waals surface area contributed by atoms with Gasteiger partial charge in [0.05, 0.1) is 5.69 Å². The molecule has 2 aromatic heterocycles. The number of nitrogens with zero attached hydrogens (tertiary/aromatic N) is 4. The summed E-state index contributed by atoms with van der Waals surface area (Å²) < 4.78 is 32.6. The first kappa shape index (κ1) is 22.7. The second-order valence-corrected chi connectivity index (χ2v) is 10.6. The molecule has 0 unspecified atom stereocenters. The van der Waals surface area contributed by atoms with Gasteiger partial charge < -0.3 is 9.64 Å². The largest absolute Gasteiger partial charge is 0.486 e. The number of aromatic nitrogens is 2. The minimum Gasteiger partial charge on any atom is -0.486 e. The average Bonchev–Trinajstić information content (AvgIpc) is 3.19. The highest BCUT2D eigenvalue weighted by Gasteiger charge is 2.31. The average molecular weight is 493 g/mol. The zero-order chi connectivity index (χ0) is 22.7. The molecule has 4 rings (SSSR count). The van der Waals surface area contributed by atoms with Crippen molar-refractivity contribution in [1.82, 2.24) is 19.2 Å². The van der Waals surface area contributed by atoms with Crippen molar-refractivity contribution in [2.75, 3.05) is 26.2 Å². The van der Waals surface area contributed by atoms with Crippen LogP contribution >= 0.6 is 22.9 Å². The van der Waals surface area contributed by atoms with Gasteiger partial charge in [0.25, 0.3) is 5.91 Å². The van der Waals surface area contributed by atoms with E-state index in [1.165, 1.54) is 34.1 Å². The summed E-state index contributed by atoms with van der Waals surface area (Å²) in [6, 6.07) is 10.1. The van der Waals surface area contributed by atoms with Crippen molar-refractivity contribution >= 4 is 38.9 Å². The quantitative estimate of drug-likeness (QED) is 0.524. The van der Waals surface area contributed by atoms with Crippen molar-refractivity contribution in [3.63, 3.8) is 0 Å². The number of carbonyl (C=O) groups is 1. The molecule has 1 aliphatic heterocycles. The number of sulfonamides is 1. The molecule has 1 fully saturated rings. The Labute approximate surface area is 195 Å². The predicted octanol–water partition coefficient (Wildman–Crippen LogP) is 3.23. The van der Waals surface area contributed by atoms with Gasteiger partial charge in [0, 0.05) is 43.6 Å². The Morgan fingerprint density at radius 3 is 2.53 bits per heavy atom. The summed E-state index contributed by atoms with van der Waals surface area (Å²) in [6.07, 6.45) is 2.86. The van der Waals surface area contributed by atoms with Crippen LogP contribution < -0.4 is 4.74 Å². The second kappa shape index (κ2) is 9.53. The number of rotatable bonds is 6. The highest BCUT2D eigenvalue weighted by atomic mass is 35.5. The predicted molar refractivity (Wildman–Crippen MR) is 122 cm³/mol. The Kier molecular flexibility index (Phi) is 6.75. The molecule has 8 nitrogen and oxygen atoms in total. The summed E-state index contributed by atoms with van der Waals surface area (Å²) in [4.78, 5) is 23.7. The molecule has 0 radical (unpaired) electrons. The van der Waals surface area contributed by atoms with E-state index < -0.39 is 10.0 Å². The lowest BCUT2D eigenvalue weighted by Crippen LogP contribution is -2.50. The minimum atomic E-state index is -3.62. The Balaban J connectivity index is 1.37. The molecule has 3 aromatic rings. The summed E-state index contributed by atoms with van der Waals surface area (Å²) in [7, 11) is -3.62. The number of benzene rings is 1. The van der Waals surface area contributed by atoms with Gasteiger partial charge >= 0.3 is 0 Å². The minimum absolute atomic E-state index is 0.142. The van der Waals surface area contributed by atoms with Gasteiger partial charge in [-0.1, -0.05) is 11.6 Å². The number of pyridine rings is 1. The third-order valence-electron chi connectivity index (χ3n) is 5.01. The van der Waals surface area contributed by atoms with Crippen molar-refractivity contribution in [3.8, 4) is 5.75 Å². The third-order valence-corrected chi connectivity index (χ3v) is 8.26. The van der Waals surface area contributed by atoms with Crippen LogP contribution in [0.15, 0.2) is 53.7 Å². The number of hydrogen-bond donors (Lipinski definition) is 0. The standard InChI is InChI=1S/C21H21ClN4O4S2/c1-15-20(31-19(24-15)14-30-17-6-4-16(22)5-7-17)21(27)25-9-11-26(12-10-25)32(28,29)18-3-2-8-23-13-18/h2-8,13H,9-12,14H2,1H3. The van der Waals surface area contributed by atoms with Crippen LogP contribution in [0.4, 0.5) is 0 Å². The maximum atomic E-state index is 13.0. The second-order valence-electron chi connectivity index (χ2n) is 7.15. The molecule has 0 N–H and O–H groups in total. The van der Waals surface area contributed by atoms with Crippen LogP contribution in [0, 0.1) is 6.92 Å². The Morgan fingerprint density at radius 1 is 1.16 bits per heavy atom. The molecule has 32 heavy (non-hydrogen) atoms. The van der Waals surface area contributed by atoms with Gasteiger partial charge in [0.2, 0.25) is 10.0 Å². The zero-order valence-electron chi connectivity index (χ0n) is 17.3. The molecule has 0 saturated carbocycles. The fraction of sp³-hybridized carbons (Fsp3) is 0.286. The Hall–Kier alpha value is -2.53. The number of thiazole rings is 1. The van der Waals surface area contributed by atoms with Crippen molar-refractivity contribution in [3.05, 3.63) is 69.4 Å². The van der Waals surface area contributed by atoms with Gasteiger partial charge in [-0.15, -0.1) is 11.3 Å². The van der Waals surface area contributed by atoms with Crippen molar-refractivity contribution in [2.24, 2.45) is 0 Å². The number of hydrogen-bond acceptors (Lipinski definition) is 7. The summed E-state index contributed by atoms with van der Waals surface area (Å²) in [6.45, 7) is 3.12. The SMILES string of the molecule is Cc1nc(COc2ccc(Cl)cc2)sc1C(=O)N1CCN(S(=O)(=O)c2cccnc2)CC1. The van der Waals surface area contributed by atoms with Gasteiger partial charge in [-0.3, -0.25) is 9.78 Å². The lowest BCUT2D eigenvalue weighted by Gasteiger charge is -2.33. The monoisotopic (exact) mass is 492 g/mol. The summed E-state index contributed by atoms with van der Waals surface area (Å²) in [5.41, 5.74) is 0.639. The summed E-state index contributed by atoms with van der Waals surface area (Å²) >= 11 is 7.17. The fourth-order valence-electron chi connectivity index (χ4n) is 3.31. The first-order valence-corrected chi connectivity index (χ1v) is 12.5. The van der Waals surface area contributed by atoms with E-state index in [4.69, 9.17) is 16.3 Å². The first-order valence-electron chi connectivity index (χ1n) is 9.89. The van der Waals surface area contributed by atoms with Crippen LogP contribution in [0.3, 0.4) is 0 Å². The molecule has 1 aliphatic rings. The van der Waals surface area contributed by atoms with E-state index in [0.717, 1.165) is 0 Å². The molecule has 0 atom stereocenters.